The predicted molar refractivity (Wildman–Crippen MR) is 149 cm³/mol. The van der Waals surface area contributed by atoms with Crippen LogP contribution in [0.4, 0.5) is 4.79 Å². The third-order valence-electron chi connectivity index (χ3n) is 6.82. The van der Waals surface area contributed by atoms with Crippen LogP contribution < -0.4 is 10.6 Å². The first-order chi connectivity index (χ1) is 20.3. The number of hydrogen-bond donors (Lipinski definition) is 5. The molecule has 3 atom stereocenters. The van der Waals surface area contributed by atoms with Gasteiger partial charge < -0.3 is 25.4 Å². The normalized spacial score (nSPS) is 16.4. The van der Waals surface area contributed by atoms with Crippen molar-refractivity contribution < 1.29 is 49.3 Å². The number of carbonyl (C=O) groups excluding carboxylic acids is 2. The van der Waals surface area contributed by atoms with E-state index in [2.05, 4.69) is 15.5 Å². The van der Waals surface area contributed by atoms with Crippen LogP contribution in [-0.2, 0) is 35.4 Å². The lowest BCUT2D eigenvalue weighted by molar-refractivity contribution is -0.492. The lowest BCUT2D eigenvalue weighted by atomic mass is 10.0. The number of unbranched alkanes of at least 4 members (excludes halogenated alkanes) is 2. The van der Waals surface area contributed by atoms with Crippen molar-refractivity contribution in [2.24, 2.45) is 0 Å². The van der Waals surface area contributed by atoms with Gasteiger partial charge >= 0.3 is 12.1 Å². The van der Waals surface area contributed by atoms with Crippen molar-refractivity contribution in [3.05, 3.63) is 35.9 Å². The summed E-state index contributed by atoms with van der Waals surface area (Å²) in [4.78, 5) is 53.6. The van der Waals surface area contributed by atoms with Gasteiger partial charge in [0.1, 0.15) is 6.04 Å². The maximum atomic E-state index is 13.6. The molecular formula is C28H46N4O10. The number of hydrogen-bond acceptors (Lipinski definition) is 11. The van der Waals surface area contributed by atoms with Gasteiger partial charge in [-0.05, 0) is 70.3 Å². The molecule has 0 aliphatic carbocycles. The molecule has 238 valence electrons. The smallest absolute Gasteiger partial charge is 0.407 e. The molecule has 14 nitrogen and oxygen atoms in total. The van der Waals surface area contributed by atoms with Crippen LogP contribution in [0, 0.1) is 0 Å². The Hall–Kier alpha value is -2.85. The van der Waals surface area contributed by atoms with E-state index in [1.54, 1.807) is 0 Å². The van der Waals surface area contributed by atoms with E-state index in [4.69, 9.17) is 24.9 Å². The number of ether oxygens (including phenoxy) is 1. The Labute approximate surface area is 246 Å². The van der Waals surface area contributed by atoms with E-state index >= 15 is 0 Å². The molecule has 0 spiro atoms. The fraction of sp³-hybridized carbons (Fsp3) is 0.679. The molecular weight excluding hydrogens is 552 g/mol. The van der Waals surface area contributed by atoms with Crippen molar-refractivity contribution in [3.8, 4) is 0 Å². The number of nitrogens with zero attached hydrogens (tertiary/aromatic N) is 2. The van der Waals surface area contributed by atoms with Crippen LogP contribution in [0.5, 0.6) is 0 Å². The lowest BCUT2D eigenvalue weighted by Gasteiger charge is -2.30. The summed E-state index contributed by atoms with van der Waals surface area (Å²) >= 11 is 0. The number of likely N-dealkylation sites (tertiary alicyclic amines) is 1. The molecule has 1 aliphatic heterocycles. The number of carboxylic acid groups (broad SMARTS) is 1. The van der Waals surface area contributed by atoms with Crippen LogP contribution in [0.2, 0.25) is 0 Å². The third-order valence-corrected chi connectivity index (χ3v) is 6.82. The Bertz CT molecular complexity index is 908. The number of benzene rings is 1. The van der Waals surface area contributed by atoms with Crippen molar-refractivity contribution >= 4 is 18.0 Å². The molecule has 1 aliphatic rings. The highest BCUT2D eigenvalue weighted by molar-refractivity contribution is 5.87. The largest absolute Gasteiger partial charge is 0.480 e. The highest BCUT2D eigenvalue weighted by atomic mass is 17.2. The summed E-state index contributed by atoms with van der Waals surface area (Å²) in [7, 11) is 0. The SMILES string of the molecule is CCOOCC(CCc1ccccc1)NC(CCCCNC(=O)OCCCCON(O)O)C(=O)N1CCCC1C(=O)O. The number of rotatable bonds is 22. The summed E-state index contributed by atoms with van der Waals surface area (Å²) in [6.07, 6.45) is 4.53. The van der Waals surface area contributed by atoms with E-state index in [-0.39, 0.29) is 37.2 Å². The second-order valence-electron chi connectivity index (χ2n) is 10.0. The summed E-state index contributed by atoms with van der Waals surface area (Å²) in [5, 5.41) is 32.3. The van der Waals surface area contributed by atoms with Crippen molar-refractivity contribution in [1.29, 1.82) is 0 Å². The van der Waals surface area contributed by atoms with Gasteiger partial charge in [-0.3, -0.25) is 20.0 Å². The Morgan fingerprint density at radius 2 is 1.81 bits per heavy atom. The molecule has 1 fully saturated rings. The standard InChI is InChI=1S/C28H46N4O10/c1-2-41-42-21-23(16-15-22-11-4-3-5-12-22)30-24(26(33)31-18-10-14-25(31)27(34)35)13-6-7-17-29-28(36)39-19-8-9-20-40-32(37)38/h3-5,11-12,23-25,30,37-38H,2,6-10,13-21H2,1H3,(H,29,36)(H,34,35). The minimum absolute atomic E-state index is 0.0708. The van der Waals surface area contributed by atoms with Crippen LogP contribution >= 0.6 is 0 Å². The molecule has 0 aromatic heterocycles. The first kappa shape index (κ1) is 35.3. The van der Waals surface area contributed by atoms with Gasteiger partial charge in [0.15, 0.2) is 0 Å². The Morgan fingerprint density at radius 3 is 2.52 bits per heavy atom. The monoisotopic (exact) mass is 598 g/mol. The molecule has 1 aromatic carbocycles. The third kappa shape index (κ3) is 14.4. The maximum absolute atomic E-state index is 13.6. The second-order valence-corrected chi connectivity index (χ2v) is 10.0. The fourth-order valence-corrected chi connectivity index (χ4v) is 4.69. The average Bonchev–Trinajstić information content (AvgIpc) is 3.47. The van der Waals surface area contributed by atoms with Crippen molar-refractivity contribution in [2.75, 3.05) is 39.5 Å². The summed E-state index contributed by atoms with van der Waals surface area (Å²) in [5.41, 5.74) is 1.15. The highest BCUT2D eigenvalue weighted by Crippen LogP contribution is 2.20. The molecule has 1 aromatic rings. The lowest BCUT2D eigenvalue weighted by Crippen LogP contribution is -2.53. The van der Waals surface area contributed by atoms with Crippen LogP contribution in [0.3, 0.4) is 0 Å². The Morgan fingerprint density at radius 1 is 1.05 bits per heavy atom. The van der Waals surface area contributed by atoms with Crippen molar-refractivity contribution in [3.63, 3.8) is 0 Å². The highest BCUT2D eigenvalue weighted by Gasteiger charge is 2.37. The van der Waals surface area contributed by atoms with Gasteiger partial charge in [-0.2, -0.15) is 0 Å². The zero-order valence-electron chi connectivity index (χ0n) is 24.3. The second kappa shape index (κ2) is 20.9. The molecule has 0 saturated carbocycles. The van der Waals surface area contributed by atoms with Crippen LogP contribution in [0.25, 0.3) is 0 Å². The number of carbonyl (C=O) groups is 3. The van der Waals surface area contributed by atoms with Crippen molar-refractivity contribution in [1.82, 2.24) is 20.9 Å². The van der Waals surface area contributed by atoms with E-state index in [0.717, 1.165) is 12.0 Å². The Balaban J connectivity index is 1.90. The van der Waals surface area contributed by atoms with Crippen molar-refractivity contribution in [2.45, 2.75) is 82.8 Å². The number of alkyl carbamates (subject to hydrolysis) is 1. The molecule has 5 N–H and O–H groups in total. The number of aliphatic carboxylic acids is 1. The van der Waals surface area contributed by atoms with Crippen LogP contribution in [0.1, 0.15) is 63.9 Å². The minimum atomic E-state index is -1.00. The van der Waals surface area contributed by atoms with Gasteiger partial charge in [-0.1, -0.05) is 30.3 Å². The number of aryl methyl sites for hydroxylation is 1. The number of carboxylic acids is 1. The summed E-state index contributed by atoms with van der Waals surface area (Å²) in [6, 6.07) is 8.31. The Kier molecular flexibility index (Phi) is 17.6. The molecule has 0 radical (unpaired) electrons. The number of amides is 2. The molecule has 1 heterocycles. The molecule has 42 heavy (non-hydrogen) atoms. The van der Waals surface area contributed by atoms with E-state index in [9.17, 15) is 19.5 Å². The summed E-state index contributed by atoms with van der Waals surface area (Å²) in [6.45, 7) is 3.40. The van der Waals surface area contributed by atoms with E-state index in [1.807, 2.05) is 37.3 Å². The zero-order valence-corrected chi connectivity index (χ0v) is 24.3. The zero-order chi connectivity index (χ0) is 30.6. The molecule has 2 amide bonds. The van der Waals surface area contributed by atoms with Gasteiger partial charge in [-0.25, -0.2) is 19.4 Å². The predicted octanol–water partition coefficient (Wildman–Crippen LogP) is 2.68. The molecule has 0 bridgehead atoms. The first-order valence-electron chi connectivity index (χ1n) is 14.6. The fourth-order valence-electron chi connectivity index (χ4n) is 4.69. The molecule has 1 saturated heterocycles. The quantitative estimate of drug-likeness (QED) is 0.0749. The molecule has 3 unspecified atom stereocenters. The summed E-state index contributed by atoms with van der Waals surface area (Å²) < 4.78 is 5.08. The average molecular weight is 599 g/mol. The number of nitrogens with one attached hydrogen (secondary N) is 2. The first-order valence-corrected chi connectivity index (χ1v) is 14.6. The van der Waals surface area contributed by atoms with E-state index in [1.165, 1.54) is 4.90 Å². The van der Waals surface area contributed by atoms with E-state index < -0.39 is 24.1 Å². The van der Waals surface area contributed by atoms with Crippen LogP contribution in [0.15, 0.2) is 30.3 Å². The topological polar surface area (TPSA) is 179 Å². The molecule has 14 heteroatoms. The maximum Gasteiger partial charge on any atom is 0.407 e. The van der Waals surface area contributed by atoms with E-state index in [0.29, 0.717) is 71.1 Å². The summed E-state index contributed by atoms with van der Waals surface area (Å²) in [5.74, 6) is -1.25. The van der Waals surface area contributed by atoms with Gasteiger partial charge in [0.25, 0.3) is 0 Å². The minimum Gasteiger partial charge on any atom is -0.480 e. The van der Waals surface area contributed by atoms with Gasteiger partial charge in [0.2, 0.25) is 5.91 Å². The van der Waals surface area contributed by atoms with Gasteiger partial charge in [0.05, 0.1) is 37.9 Å². The van der Waals surface area contributed by atoms with Crippen LogP contribution in [-0.4, -0.2) is 101 Å². The van der Waals surface area contributed by atoms with Gasteiger partial charge in [0, 0.05) is 19.1 Å². The molecule has 2 rings (SSSR count). The van der Waals surface area contributed by atoms with Gasteiger partial charge in [-0.15, -0.1) is 0 Å².